The standard InChI is InChI=1S/C17H18N2O4/c20-15(11-3-1-5-13(9-11)17(21)22)19-14-6-2-4-12(10-14)16-18-7-8-23-16/h2,4,6-8,10-11,13H,1,3,5,9H2,(H,19,20)(H,21,22). The van der Waals surface area contributed by atoms with Crippen LogP contribution < -0.4 is 5.32 Å². The van der Waals surface area contributed by atoms with Gasteiger partial charge in [0.2, 0.25) is 11.8 Å². The van der Waals surface area contributed by atoms with Crippen molar-refractivity contribution in [2.45, 2.75) is 25.7 Å². The first-order valence-electron chi connectivity index (χ1n) is 7.67. The molecule has 23 heavy (non-hydrogen) atoms. The van der Waals surface area contributed by atoms with Crippen LogP contribution in [0.15, 0.2) is 41.1 Å². The van der Waals surface area contributed by atoms with Crippen molar-refractivity contribution < 1.29 is 19.1 Å². The SMILES string of the molecule is O=C(O)C1CCCC(C(=O)Nc2cccc(-c3ncco3)c2)C1. The molecule has 1 fully saturated rings. The van der Waals surface area contributed by atoms with Gasteiger partial charge >= 0.3 is 5.97 Å². The number of carboxylic acid groups (broad SMARTS) is 1. The average Bonchev–Trinajstić information content (AvgIpc) is 3.10. The minimum absolute atomic E-state index is 0.125. The predicted molar refractivity (Wildman–Crippen MR) is 83.7 cm³/mol. The molecule has 1 aliphatic rings. The molecule has 0 saturated heterocycles. The summed E-state index contributed by atoms with van der Waals surface area (Å²) in [6.45, 7) is 0. The number of rotatable bonds is 4. The highest BCUT2D eigenvalue weighted by molar-refractivity contribution is 5.93. The second-order valence-corrected chi connectivity index (χ2v) is 5.81. The van der Waals surface area contributed by atoms with Crippen LogP contribution in [0.3, 0.4) is 0 Å². The van der Waals surface area contributed by atoms with Gasteiger partial charge in [0.25, 0.3) is 0 Å². The van der Waals surface area contributed by atoms with Gasteiger partial charge in [0.15, 0.2) is 0 Å². The molecule has 2 atom stereocenters. The summed E-state index contributed by atoms with van der Waals surface area (Å²) in [5, 5.41) is 12.0. The Labute approximate surface area is 133 Å². The summed E-state index contributed by atoms with van der Waals surface area (Å²) in [4.78, 5) is 27.6. The molecule has 1 aromatic heterocycles. The van der Waals surface area contributed by atoms with Crippen molar-refractivity contribution >= 4 is 17.6 Å². The lowest BCUT2D eigenvalue weighted by Crippen LogP contribution is -2.30. The Hall–Kier alpha value is -2.63. The van der Waals surface area contributed by atoms with Gasteiger partial charge in [-0.25, -0.2) is 4.98 Å². The van der Waals surface area contributed by atoms with Crippen LogP contribution in [0, 0.1) is 11.8 Å². The minimum Gasteiger partial charge on any atom is -0.481 e. The van der Waals surface area contributed by atoms with Crippen LogP contribution in [0.4, 0.5) is 5.69 Å². The lowest BCUT2D eigenvalue weighted by molar-refractivity contribution is -0.143. The van der Waals surface area contributed by atoms with E-state index in [2.05, 4.69) is 10.3 Å². The first kappa shape index (κ1) is 15.3. The number of nitrogens with one attached hydrogen (secondary N) is 1. The highest BCUT2D eigenvalue weighted by Crippen LogP contribution is 2.30. The molecule has 2 N–H and O–H groups in total. The molecule has 3 rings (SSSR count). The molecule has 2 unspecified atom stereocenters. The molecule has 6 heteroatoms. The second kappa shape index (κ2) is 6.64. The van der Waals surface area contributed by atoms with Crippen LogP contribution in [-0.2, 0) is 9.59 Å². The van der Waals surface area contributed by atoms with Gasteiger partial charge in [-0.2, -0.15) is 0 Å². The zero-order valence-electron chi connectivity index (χ0n) is 12.6. The number of oxazole rings is 1. The number of aromatic nitrogens is 1. The molecule has 1 saturated carbocycles. The number of amides is 1. The number of hydrogen-bond donors (Lipinski definition) is 2. The average molecular weight is 314 g/mol. The Morgan fingerprint density at radius 2 is 2.09 bits per heavy atom. The van der Waals surface area contributed by atoms with Crippen LogP contribution in [0.2, 0.25) is 0 Å². The molecular formula is C17H18N2O4. The first-order valence-corrected chi connectivity index (χ1v) is 7.67. The molecule has 0 radical (unpaired) electrons. The van der Waals surface area contributed by atoms with Crippen molar-refractivity contribution in [3.63, 3.8) is 0 Å². The maximum atomic E-state index is 12.4. The van der Waals surface area contributed by atoms with E-state index in [1.54, 1.807) is 18.3 Å². The normalized spacial score (nSPS) is 20.9. The van der Waals surface area contributed by atoms with E-state index in [4.69, 9.17) is 9.52 Å². The Morgan fingerprint density at radius 1 is 1.26 bits per heavy atom. The van der Waals surface area contributed by atoms with Gasteiger partial charge in [-0.15, -0.1) is 0 Å². The van der Waals surface area contributed by atoms with Crippen LogP contribution in [0.25, 0.3) is 11.5 Å². The molecule has 1 heterocycles. The van der Waals surface area contributed by atoms with Crippen LogP contribution in [0.5, 0.6) is 0 Å². The molecule has 1 aromatic carbocycles. The number of hydrogen-bond acceptors (Lipinski definition) is 4. The van der Waals surface area contributed by atoms with Gasteiger partial charge < -0.3 is 14.8 Å². The maximum absolute atomic E-state index is 12.4. The summed E-state index contributed by atoms with van der Waals surface area (Å²) in [5.41, 5.74) is 1.43. The van der Waals surface area contributed by atoms with Gasteiger partial charge in [-0.1, -0.05) is 12.5 Å². The summed E-state index contributed by atoms with van der Waals surface area (Å²) < 4.78 is 5.25. The fraction of sp³-hybridized carbons (Fsp3) is 0.353. The molecule has 0 bridgehead atoms. The summed E-state index contributed by atoms with van der Waals surface area (Å²) in [5.74, 6) is -1.12. The van der Waals surface area contributed by atoms with Gasteiger partial charge in [-0.05, 0) is 37.5 Å². The topological polar surface area (TPSA) is 92.4 Å². The van der Waals surface area contributed by atoms with Crippen molar-refractivity contribution in [3.8, 4) is 11.5 Å². The number of carbonyl (C=O) groups is 2. The lowest BCUT2D eigenvalue weighted by atomic mass is 9.81. The van der Waals surface area contributed by atoms with Crippen LogP contribution >= 0.6 is 0 Å². The van der Waals surface area contributed by atoms with E-state index in [-0.39, 0.29) is 11.8 Å². The van der Waals surface area contributed by atoms with Gasteiger partial charge in [0, 0.05) is 17.2 Å². The van der Waals surface area contributed by atoms with Crippen LogP contribution in [0.1, 0.15) is 25.7 Å². The highest BCUT2D eigenvalue weighted by Gasteiger charge is 2.31. The number of carboxylic acids is 1. The number of benzene rings is 1. The molecule has 0 spiro atoms. The molecule has 120 valence electrons. The second-order valence-electron chi connectivity index (χ2n) is 5.81. The predicted octanol–water partition coefficient (Wildman–Crippen LogP) is 3.17. The smallest absolute Gasteiger partial charge is 0.306 e. The largest absolute Gasteiger partial charge is 0.481 e. The van der Waals surface area contributed by atoms with Gasteiger partial charge in [0.1, 0.15) is 6.26 Å². The van der Waals surface area contributed by atoms with Crippen molar-refractivity contribution in [1.82, 2.24) is 4.98 Å². The lowest BCUT2D eigenvalue weighted by Gasteiger charge is -2.25. The van der Waals surface area contributed by atoms with Crippen molar-refractivity contribution in [2.24, 2.45) is 11.8 Å². The van der Waals surface area contributed by atoms with Crippen LogP contribution in [-0.4, -0.2) is 22.0 Å². The minimum atomic E-state index is -0.812. The Morgan fingerprint density at radius 3 is 2.83 bits per heavy atom. The third-order valence-electron chi connectivity index (χ3n) is 4.20. The van der Waals surface area contributed by atoms with Crippen molar-refractivity contribution in [2.75, 3.05) is 5.32 Å². The fourth-order valence-electron chi connectivity index (χ4n) is 2.99. The maximum Gasteiger partial charge on any atom is 0.306 e. The van der Waals surface area contributed by atoms with E-state index in [1.807, 2.05) is 12.1 Å². The molecule has 1 aliphatic carbocycles. The Balaban J connectivity index is 1.68. The van der Waals surface area contributed by atoms with Crippen molar-refractivity contribution in [3.05, 3.63) is 36.7 Å². The highest BCUT2D eigenvalue weighted by atomic mass is 16.4. The van der Waals surface area contributed by atoms with E-state index in [0.29, 0.717) is 24.4 Å². The third-order valence-corrected chi connectivity index (χ3v) is 4.20. The molecular weight excluding hydrogens is 296 g/mol. The van der Waals surface area contributed by atoms with Crippen molar-refractivity contribution in [1.29, 1.82) is 0 Å². The first-order chi connectivity index (χ1) is 11.1. The quantitative estimate of drug-likeness (QED) is 0.904. The third kappa shape index (κ3) is 3.59. The van der Waals surface area contributed by atoms with E-state index < -0.39 is 11.9 Å². The number of aliphatic carboxylic acids is 1. The number of anilines is 1. The molecule has 2 aromatic rings. The van der Waals surface area contributed by atoms with E-state index in [0.717, 1.165) is 18.4 Å². The number of nitrogens with zero attached hydrogens (tertiary/aromatic N) is 1. The summed E-state index contributed by atoms with van der Waals surface area (Å²) in [6, 6.07) is 7.25. The zero-order chi connectivity index (χ0) is 16.2. The van der Waals surface area contributed by atoms with Gasteiger partial charge in [0.05, 0.1) is 12.1 Å². The van der Waals surface area contributed by atoms with Gasteiger partial charge in [-0.3, -0.25) is 9.59 Å². The molecule has 1 amide bonds. The monoisotopic (exact) mass is 314 g/mol. The molecule has 6 nitrogen and oxygen atoms in total. The Kier molecular flexibility index (Phi) is 4.41. The zero-order valence-corrected chi connectivity index (χ0v) is 12.6. The Bertz CT molecular complexity index is 696. The van der Waals surface area contributed by atoms with E-state index in [1.165, 1.54) is 6.26 Å². The fourth-order valence-corrected chi connectivity index (χ4v) is 2.99. The van der Waals surface area contributed by atoms with E-state index in [9.17, 15) is 9.59 Å². The molecule has 0 aliphatic heterocycles. The van der Waals surface area contributed by atoms with E-state index >= 15 is 0 Å². The summed E-state index contributed by atoms with van der Waals surface area (Å²) in [7, 11) is 0. The number of carbonyl (C=O) groups excluding carboxylic acids is 1. The summed E-state index contributed by atoms with van der Waals surface area (Å²) >= 11 is 0. The summed E-state index contributed by atoms with van der Waals surface area (Å²) in [6.07, 6.45) is 5.61.